The van der Waals surface area contributed by atoms with Gasteiger partial charge in [0, 0.05) is 34.7 Å². The van der Waals surface area contributed by atoms with E-state index in [9.17, 15) is 14.4 Å². The lowest BCUT2D eigenvalue weighted by molar-refractivity contribution is -0.117. The van der Waals surface area contributed by atoms with Gasteiger partial charge in [0.2, 0.25) is 5.91 Å². The lowest BCUT2D eigenvalue weighted by Gasteiger charge is -2.31. The summed E-state index contributed by atoms with van der Waals surface area (Å²) in [6, 6.07) is 10.5. The van der Waals surface area contributed by atoms with Crippen LogP contribution >= 0.6 is 0 Å². The van der Waals surface area contributed by atoms with Crippen LogP contribution in [0.25, 0.3) is 21.8 Å². The second kappa shape index (κ2) is 13.2. The first-order valence-corrected chi connectivity index (χ1v) is 16.7. The van der Waals surface area contributed by atoms with Crippen LogP contribution in [0.1, 0.15) is 113 Å². The van der Waals surface area contributed by atoms with Gasteiger partial charge < -0.3 is 32.5 Å². The Kier molecular flexibility index (Phi) is 9.04. The lowest BCUT2D eigenvalue weighted by Crippen LogP contribution is -2.37. The number of aromatic amines is 2. The van der Waals surface area contributed by atoms with Crippen molar-refractivity contribution in [2.24, 2.45) is 23.1 Å². The van der Waals surface area contributed by atoms with Crippen molar-refractivity contribution in [1.29, 1.82) is 0 Å². The summed E-state index contributed by atoms with van der Waals surface area (Å²) in [4.78, 5) is 44.1. The monoisotopic (exact) mass is 622 g/mol. The number of nitrogens with two attached hydrogens (primary N) is 3. The summed E-state index contributed by atoms with van der Waals surface area (Å²) in [6.45, 7) is 5.77. The lowest BCUT2D eigenvalue weighted by atomic mass is 9.78. The van der Waals surface area contributed by atoms with Gasteiger partial charge in [0.15, 0.2) is 0 Å². The Morgan fingerprint density at radius 3 is 2.41 bits per heavy atom. The van der Waals surface area contributed by atoms with Gasteiger partial charge in [-0.1, -0.05) is 38.5 Å². The zero-order chi connectivity index (χ0) is 32.5. The number of benzene rings is 2. The van der Waals surface area contributed by atoms with Crippen LogP contribution in [-0.2, 0) is 17.6 Å². The third-order valence-electron chi connectivity index (χ3n) is 10.3. The molecule has 0 aliphatic heterocycles. The molecule has 2 saturated carbocycles. The summed E-state index contributed by atoms with van der Waals surface area (Å²) in [5.74, 6) is -0.308. The molecule has 0 saturated heterocycles. The van der Waals surface area contributed by atoms with Crippen LogP contribution in [0.5, 0.6) is 0 Å². The fourth-order valence-corrected chi connectivity index (χ4v) is 8.26. The van der Waals surface area contributed by atoms with Crippen molar-refractivity contribution in [3.63, 3.8) is 0 Å². The molecule has 0 bridgehead atoms. The molecule has 2 fully saturated rings. The van der Waals surface area contributed by atoms with Crippen molar-refractivity contribution in [3.05, 3.63) is 82.7 Å². The summed E-state index contributed by atoms with van der Waals surface area (Å²) in [5, 5.41) is 5.14. The average Bonchev–Trinajstić information content (AvgIpc) is 3.67. The van der Waals surface area contributed by atoms with E-state index in [1.54, 1.807) is 0 Å². The molecule has 2 heterocycles. The highest BCUT2D eigenvalue weighted by atomic mass is 16.2. The number of primary amides is 2. The third-order valence-corrected chi connectivity index (χ3v) is 10.3. The number of carbonyl (C=O) groups excluding carboxylic acids is 3. The molecule has 2 aliphatic carbocycles. The molecule has 5 unspecified atom stereocenters. The number of hydrogen-bond donors (Lipinski definition) is 6. The fourth-order valence-electron chi connectivity index (χ4n) is 8.26. The maximum atomic E-state index is 12.9. The number of rotatable bonds is 10. The molecule has 0 spiro atoms. The maximum absolute atomic E-state index is 12.9. The van der Waals surface area contributed by atoms with Crippen LogP contribution in [0.15, 0.2) is 49.2 Å². The first-order valence-electron chi connectivity index (χ1n) is 16.7. The van der Waals surface area contributed by atoms with E-state index in [2.05, 4.69) is 47.0 Å². The molecular weight excluding hydrogens is 576 g/mol. The highest BCUT2D eigenvalue weighted by molar-refractivity contribution is 6.08. The van der Waals surface area contributed by atoms with E-state index in [0.29, 0.717) is 29.9 Å². The van der Waals surface area contributed by atoms with E-state index in [1.807, 2.05) is 18.3 Å². The predicted molar refractivity (Wildman–Crippen MR) is 183 cm³/mol. The van der Waals surface area contributed by atoms with Crippen molar-refractivity contribution < 1.29 is 14.4 Å². The number of aromatic nitrogens is 2. The second-order valence-corrected chi connectivity index (χ2v) is 13.7. The van der Waals surface area contributed by atoms with Crippen LogP contribution in [0.3, 0.4) is 0 Å². The van der Waals surface area contributed by atoms with Gasteiger partial charge in [0.05, 0.1) is 22.2 Å². The zero-order valence-electron chi connectivity index (χ0n) is 26.7. The first-order chi connectivity index (χ1) is 22.1. The summed E-state index contributed by atoms with van der Waals surface area (Å²) < 4.78 is 0. The van der Waals surface area contributed by atoms with Crippen molar-refractivity contribution in [2.45, 2.75) is 95.1 Å². The minimum Gasteiger partial charge on any atom is -0.366 e. The maximum Gasteiger partial charge on any atom is 0.251 e. The normalized spacial score (nSPS) is 22.5. The van der Waals surface area contributed by atoms with Crippen LogP contribution in [0, 0.1) is 5.92 Å². The summed E-state index contributed by atoms with van der Waals surface area (Å²) in [7, 11) is 0. The summed E-state index contributed by atoms with van der Waals surface area (Å²) in [5.41, 5.74) is 25.1. The smallest absolute Gasteiger partial charge is 0.251 e. The molecule has 242 valence electrons. The summed E-state index contributed by atoms with van der Waals surface area (Å²) >= 11 is 0. The van der Waals surface area contributed by atoms with E-state index in [-0.39, 0.29) is 29.8 Å². The van der Waals surface area contributed by atoms with Crippen molar-refractivity contribution in [3.8, 4) is 0 Å². The van der Waals surface area contributed by atoms with Gasteiger partial charge >= 0.3 is 0 Å². The van der Waals surface area contributed by atoms with E-state index in [1.165, 1.54) is 17.2 Å². The number of hydrogen-bond acceptors (Lipinski definition) is 4. The SMILES string of the molecule is C=CC(=O)NC1CCCC(c2cc(CC(C)Cc3cc4c(C5CCCC(N)C5)ccc(C(N)=O)c4[nH]3)c(C(N)=O)c3[nH]ccc23)C1. The number of carbonyl (C=O) groups is 3. The molecule has 3 amide bonds. The van der Waals surface area contributed by atoms with Gasteiger partial charge in [-0.25, -0.2) is 0 Å². The van der Waals surface area contributed by atoms with E-state index in [4.69, 9.17) is 17.2 Å². The third kappa shape index (κ3) is 6.33. The van der Waals surface area contributed by atoms with Gasteiger partial charge in [0.1, 0.15) is 0 Å². The highest BCUT2D eigenvalue weighted by Crippen LogP contribution is 2.40. The summed E-state index contributed by atoms with van der Waals surface area (Å²) in [6.07, 6.45) is 12.5. The molecule has 9 N–H and O–H groups in total. The molecule has 0 radical (unpaired) electrons. The predicted octanol–water partition coefficient (Wildman–Crippen LogP) is 5.58. The van der Waals surface area contributed by atoms with E-state index >= 15 is 0 Å². The molecule has 9 heteroatoms. The average molecular weight is 623 g/mol. The fraction of sp³-hybridized carbons (Fsp3) is 0.432. The van der Waals surface area contributed by atoms with Crippen LogP contribution in [0.2, 0.25) is 0 Å². The molecule has 2 aliphatic rings. The topological polar surface area (TPSA) is 173 Å². The number of fused-ring (bicyclic) bond motifs is 2. The van der Waals surface area contributed by atoms with Crippen LogP contribution in [-0.4, -0.2) is 39.8 Å². The Morgan fingerprint density at radius 2 is 1.70 bits per heavy atom. The quantitative estimate of drug-likeness (QED) is 0.127. The molecule has 46 heavy (non-hydrogen) atoms. The zero-order valence-corrected chi connectivity index (χ0v) is 26.7. The highest BCUT2D eigenvalue weighted by Gasteiger charge is 2.29. The molecular formula is C37H46N6O3. The van der Waals surface area contributed by atoms with Gasteiger partial charge in [-0.3, -0.25) is 14.4 Å². The standard InChI is InChI=1S/C37H46N6O3/c1-3-32(44)42-25-9-5-7-22(17-25)30-18-23(33(37(40)46)35-28(30)12-13-41-35)14-20(2)15-26-19-31-27(21-6-4-8-24(38)16-21)10-11-29(36(39)45)34(31)43-26/h3,10-13,18-22,24-25,41,43H,1,4-9,14-17,38H2,2H3,(H2,39,45)(H2,40,46)(H,42,44). The Bertz CT molecular complexity index is 1800. The Labute approximate surface area is 269 Å². The molecule has 2 aromatic carbocycles. The van der Waals surface area contributed by atoms with E-state index < -0.39 is 11.8 Å². The number of nitrogens with one attached hydrogen (secondary N) is 3. The number of H-pyrrole nitrogens is 2. The van der Waals surface area contributed by atoms with Gasteiger partial charge in [0.25, 0.3) is 11.8 Å². The van der Waals surface area contributed by atoms with Gasteiger partial charge in [-0.15, -0.1) is 0 Å². The second-order valence-electron chi connectivity index (χ2n) is 13.7. The minimum atomic E-state index is -0.453. The molecule has 5 atom stereocenters. The van der Waals surface area contributed by atoms with Crippen molar-refractivity contribution in [1.82, 2.24) is 15.3 Å². The van der Waals surface area contributed by atoms with Crippen LogP contribution < -0.4 is 22.5 Å². The molecule has 6 rings (SSSR count). The Morgan fingerprint density at radius 1 is 0.935 bits per heavy atom. The molecule has 4 aromatic rings. The largest absolute Gasteiger partial charge is 0.366 e. The Balaban J connectivity index is 1.31. The van der Waals surface area contributed by atoms with Crippen molar-refractivity contribution in [2.75, 3.05) is 0 Å². The molecule has 9 nitrogen and oxygen atoms in total. The van der Waals surface area contributed by atoms with Crippen LogP contribution in [0.4, 0.5) is 0 Å². The molecule has 2 aromatic heterocycles. The first kappa shape index (κ1) is 31.6. The van der Waals surface area contributed by atoms with Gasteiger partial charge in [-0.2, -0.15) is 0 Å². The van der Waals surface area contributed by atoms with Gasteiger partial charge in [-0.05, 0) is 110 Å². The van der Waals surface area contributed by atoms with E-state index in [0.717, 1.165) is 84.4 Å². The minimum absolute atomic E-state index is 0.0815. The number of amides is 3. The van der Waals surface area contributed by atoms with Crippen molar-refractivity contribution >= 4 is 39.5 Å². The Hall–Kier alpha value is -4.37.